The fraction of sp³-hybridized carbons (Fsp3) is 1.00. The molecule has 0 aliphatic heterocycles. The average molecular weight is 125 g/mol. The van der Waals surface area contributed by atoms with Crippen molar-refractivity contribution in [2.45, 2.75) is 0 Å². The summed E-state index contributed by atoms with van der Waals surface area (Å²) in [6.07, 6.45) is 0. The number of hydroxylamine groups is 1. The lowest BCUT2D eigenvalue weighted by Gasteiger charge is -2.00. The Kier molecular flexibility index (Phi) is 2.46. The molecule has 0 heterocycles. The maximum Gasteiger partial charge on any atom is 0.341 e. The van der Waals surface area contributed by atoms with Gasteiger partial charge in [0.15, 0.2) is 0 Å². The van der Waals surface area contributed by atoms with Gasteiger partial charge in [-0.25, -0.2) is 4.62 Å². The fourth-order valence-corrected chi connectivity index (χ4v) is 0.508. The van der Waals surface area contributed by atoms with Gasteiger partial charge in [-0.15, -0.1) is 0 Å². The maximum absolute atomic E-state index is 10.1. The molecule has 44 valence electrons. The van der Waals surface area contributed by atoms with Crippen molar-refractivity contribution in [2.75, 3.05) is 13.7 Å². The van der Waals surface area contributed by atoms with Gasteiger partial charge in [0.1, 0.15) is 0 Å². The van der Waals surface area contributed by atoms with Crippen molar-refractivity contribution < 1.29 is 14.1 Å². The Morgan fingerprint density at radius 1 is 1.86 bits per heavy atom. The minimum Gasteiger partial charge on any atom is -0.324 e. The summed E-state index contributed by atoms with van der Waals surface area (Å²) in [6, 6.07) is 0. The van der Waals surface area contributed by atoms with Gasteiger partial charge in [0.05, 0.1) is 0 Å². The SMILES string of the molecule is CNOP(C)(=O)O. The molecule has 7 heavy (non-hydrogen) atoms. The summed E-state index contributed by atoms with van der Waals surface area (Å²) in [5, 5.41) is 0. The lowest BCUT2D eigenvalue weighted by molar-refractivity contribution is 0.192. The molecular weight excluding hydrogens is 117 g/mol. The Morgan fingerprint density at radius 3 is 2.29 bits per heavy atom. The van der Waals surface area contributed by atoms with Crippen LogP contribution in [0.15, 0.2) is 0 Å². The number of hydrogen-bond donors (Lipinski definition) is 2. The minimum atomic E-state index is -3.28. The molecule has 0 rings (SSSR count). The van der Waals surface area contributed by atoms with E-state index in [1.807, 2.05) is 0 Å². The molecule has 0 aliphatic rings. The van der Waals surface area contributed by atoms with Crippen LogP contribution in [0.4, 0.5) is 0 Å². The molecule has 0 aromatic heterocycles. The van der Waals surface area contributed by atoms with Gasteiger partial charge in [-0.1, -0.05) is 0 Å². The van der Waals surface area contributed by atoms with Gasteiger partial charge in [0.2, 0.25) is 0 Å². The first kappa shape index (κ1) is 7.11. The van der Waals surface area contributed by atoms with Gasteiger partial charge in [-0.2, -0.15) is 5.48 Å². The maximum atomic E-state index is 10.1. The molecule has 0 fully saturated rings. The quantitative estimate of drug-likeness (QED) is 0.401. The standard InChI is InChI=1S/C2H8NO3P/c1-3-6-7(2,4)5/h3H,1-2H3,(H,4,5). The Morgan fingerprint density at radius 2 is 2.29 bits per heavy atom. The third-order valence-electron chi connectivity index (χ3n) is 0.261. The molecule has 2 N–H and O–H groups in total. The summed E-state index contributed by atoms with van der Waals surface area (Å²) in [7, 11) is -1.85. The molecule has 0 spiro atoms. The van der Waals surface area contributed by atoms with Crippen LogP contribution in [-0.4, -0.2) is 18.6 Å². The molecular formula is C2H8NO3P. The molecule has 0 radical (unpaired) electrons. The third-order valence-corrected chi connectivity index (χ3v) is 0.782. The summed E-state index contributed by atoms with van der Waals surface area (Å²) in [5.41, 5.74) is 2.09. The van der Waals surface area contributed by atoms with Gasteiger partial charge in [-0.05, 0) is 0 Å². The highest BCUT2D eigenvalue weighted by Crippen LogP contribution is 2.34. The topological polar surface area (TPSA) is 58.6 Å². The van der Waals surface area contributed by atoms with Crippen molar-refractivity contribution in [3.8, 4) is 0 Å². The van der Waals surface area contributed by atoms with E-state index in [2.05, 4.69) is 10.1 Å². The monoisotopic (exact) mass is 125 g/mol. The van der Waals surface area contributed by atoms with E-state index in [1.165, 1.54) is 7.05 Å². The van der Waals surface area contributed by atoms with E-state index >= 15 is 0 Å². The average Bonchev–Trinajstić information content (AvgIpc) is 1.30. The fourth-order valence-electron chi connectivity index (χ4n) is 0.169. The van der Waals surface area contributed by atoms with E-state index in [1.54, 1.807) is 0 Å². The molecule has 0 aromatic rings. The molecule has 1 unspecified atom stereocenters. The first-order valence-corrected chi connectivity index (χ1v) is 3.74. The molecule has 0 aromatic carbocycles. The number of rotatable bonds is 2. The largest absolute Gasteiger partial charge is 0.341 e. The second-order valence-electron chi connectivity index (χ2n) is 1.10. The smallest absolute Gasteiger partial charge is 0.324 e. The van der Waals surface area contributed by atoms with Crippen LogP contribution in [0, 0.1) is 0 Å². The second kappa shape index (κ2) is 2.43. The highest BCUT2D eigenvalue weighted by molar-refractivity contribution is 7.51. The van der Waals surface area contributed by atoms with Crippen molar-refractivity contribution in [3.63, 3.8) is 0 Å². The van der Waals surface area contributed by atoms with Gasteiger partial charge < -0.3 is 4.89 Å². The zero-order chi connectivity index (χ0) is 5.91. The second-order valence-corrected chi connectivity index (χ2v) is 2.89. The van der Waals surface area contributed by atoms with E-state index < -0.39 is 7.60 Å². The third kappa shape index (κ3) is 6.11. The molecule has 0 amide bonds. The van der Waals surface area contributed by atoms with Crippen LogP contribution in [0.2, 0.25) is 0 Å². The van der Waals surface area contributed by atoms with Crippen molar-refractivity contribution in [3.05, 3.63) is 0 Å². The number of hydrogen-bond acceptors (Lipinski definition) is 3. The van der Waals surface area contributed by atoms with E-state index in [-0.39, 0.29) is 0 Å². The molecule has 4 nitrogen and oxygen atoms in total. The summed E-state index contributed by atoms with van der Waals surface area (Å²) >= 11 is 0. The van der Waals surface area contributed by atoms with Crippen LogP contribution >= 0.6 is 7.60 Å². The molecule has 0 saturated heterocycles. The zero-order valence-electron chi connectivity index (χ0n) is 4.21. The summed E-state index contributed by atoms with van der Waals surface area (Å²) in [5.74, 6) is 0. The Balaban J connectivity index is 3.36. The van der Waals surface area contributed by atoms with Crippen LogP contribution in [0.1, 0.15) is 0 Å². The lowest BCUT2D eigenvalue weighted by Crippen LogP contribution is -2.03. The lowest BCUT2D eigenvalue weighted by atomic mass is 11.6. The van der Waals surface area contributed by atoms with E-state index in [0.29, 0.717) is 0 Å². The Labute approximate surface area is 42.0 Å². The first-order chi connectivity index (χ1) is 3.06. The van der Waals surface area contributed by atoms with Gasteiger partial charge in [0, 0.05) is 13.7 Å². The molecule has 1 atom stereocenters. The van der Waals surface area contributed by atoms with E-state index in [9.17, 15) is 4.57 Å². The Bertz CT molecular complexity index is 86.9. The summed E-state index contributed by atoms with van der Waals surface area (Å²) in [6.45, 7) is 1.10. The van der Waals surface area contributed by atoms with Crippen LogP contribution in [-0.2, 0) is 9.19 Å². The first-order valence-electron chi connectivity index (χ1n) is 1.72. The normalized spacial score (nSPS) is 18.7. The van der Waals surface area contributed by atoms with Gasteiger partial charge >= 0.3 is 7.60 Å². The van der Waals surface area contributed by atoms with Crippen LogP contribution in [0.25, 0.3) is 0 Å². The molecule has 0 bridgehead atoms. The van der Waals surface area contributed by atoms with E-state index in [0.717, 1.165) is 6.66 Å². The van der Waals surface area contributed by atoms with Crippen molar-refractivity contribution in [1.82, 2.24) is 5.48 Å². The summed E-state index contributed by atoms with van der Waals surface area (Å²) in [4.78, 5) is 8.29. The molecule has 5 heteroatoms. The predicted octanol–water partition coefficient (Wildman–Crippen LogP) is -0.0474. The highest BCUT2D eigenvalue weighted by Gasteiger charge is 2.06. The van der Waals surface area contributed by atoms with Crippen LogP contribution in [0.3, 0.4) is 0 Å². The van der Waals surface area contributed by atoms with Crippen molar-refractivity contribution >= 4 is 7.60 Å². The minimum absolute atomic E-state index is 1.10. The summed E-state index contributed by atoms with van der Waals surface area (Å²) < 4.78 is 14.2. The van der Waals surface area contributed by atoms with Gasteiger partial charge in [0.25, 0.3) is 0 Å². The van der Waals surface area contributed by atoms with Crippen LogP contribution < -0.4 is 5.48 Å². The predicted molar refractivity (Wildman–Crippen MR) is 25.9 cm³/mol. The van der Waals surface area contributed by atoms with Crippen molar-refractivity contribution in [1.29, 1.82) is 0 Å². The molecule has 0 saturated carbocycles. The van der Waals surface area contributed by atoms with Gasteiger partial charge in [-0.3, -0.25) is 4.57 Å². The highest BCUT2D eigenvalue weighted by atomic mass is 31.2. The van der Waals surface area contributed by atoms with E-state index in [4.69, 9.17) is 4.89 Å². The zero-order valence-corrected chi connectivity index (χ0v) is 5.11. The number of nitrogens with one attached hydrogen (secondary N) is 1. The van der Waals surface area contributed by atoms with Crippen LogP contribution in [0.5, 0.6) is 0 Å². The van der Waals surface area contributed by atoms with Crippen molar-refractivity contribution in [2.24, 2.45) is 0 Å². The Hall–Kier alpha value is 0.110. The molecule has 0 aliphatic carbocycles.